The maximum atomic E-state index is 13.1. The second kappa shape index (κ2) is 8.76. The molecule has 1 amide bonds. The first kappa shape index (κ1) is 18.3. The molecule has 0 bridgehead atoms. The first-order valence-corrected chi connectivity index (χ1v) is 8.46. The molecule has 0 fully saturated rings. The highest BCUT2D eigenvalue weighted by atomic mass is 19.1. The van der Waals surface area contributed by atoms with Gasteiger partial charge in [0.25, 0.3) is 5.91 Å². The molecule has 136 valence electrons. The van der Waals surface area contributed by atoms with Crippen LogP contribution in [0.2, 0.25) is 0 Å². The molecule has 0 aliphatic heterocycles. The molecule has 0 atom stereocenters. The third kappa shape index (κ3) is 5.25. The molecule has 4 nitrogen and oxygen atoms in total. The zero-order chi connectivity index (χ0) is 19.1. The zero-order valence-corrected chi connectivity index (χ0v) is 14.5. The van der Waals surface area contributed by atoms with E-state index < -0.39 is 24.3 Å². The van der Waals surface area contributed by atoms with Crippen molar-refractivity contribution in [1.29, 1.82) is 0 Å². The van der Waals surface area contributed by atoms with Crippen LogP contribution in [0.25, 0.3) is 11.1 Å². The fraction of sp³-hybridized carbons (Fsp3) is 0.0909. The van der Waals surface area contributed by atoms with E-state index in [9.17, 15) is 14.0 Å². The molecule has 0 radical (unpaired) electrons. The zero-order valence-electron chi connectivity index (χ0n) is 14.5. The van der Waals surface area contributed by atoms with Gasteiger partial charge in [-0.25, -0.2) is 4.39 Å². The van der Waals surface area contributed by atoms with E-state index >= 15 is 0 Å². The van der Waals surface area contributed by atoms with E-state index in [1.807, 2.05) is 48.5 Å². The van der Waals surface area contributed by atoms with E-state index in [0.717, 1.165) is 11.1 Å². The summed E-state index contributed by atoms with van der Waals surface area (Å²) in [5, 5.41) is 2.76. The van der Waals surface area contributed by atoms with E-state index in [1.165, 1.54) is 18.2 Å². The van der Waals surface area contributed by atoms with Crippen molar-refractivity contribution < 1.29 is 18.7 Å². The van der Waals surface area contributed by atoms with Crippen LogP contribution in [0.15, 0.2) is 78.9 Å². The van der Waals surface area contributed by atoms with Crippen LogP contribution in [0.5, 0.6) is 0 Å². The second-order valence-corrected chi connectivity index (χ2v) is 5.93. The lowest BCUT2D eigenvalue weighted by atomic mass is 10.0. The highest BCUT2D eigenvalue weighted by Gasteiger charge is 2.11. The largest absolute Gasteiger partial charge is 0.455 e. The highest BCUT2D eigenvalue weighted by Crippen LogP contribution is 2.27. The molecular weight excluding hydrogens is 345 g/mol. The SMILES string of the molecule is O=C(COC(=O)Cc1cccc(F)c1)Nc1ccccc1-c1ccccc1. The Bertz CT molecular complexity index is 941. The number of carbonyl (C=O) groups is 2. The van der Waals surface area contributed by atoms with E-state index in [1.54, 1.807) is 12.1 Å². The third-order valence-corrected chi connectivity index (χ3v) is 3.89. The Hall–Kier alpha value is -3.47. The Kier molecular flexibility index (Phi) is 5.94. The molecule has 0 saturated heterocycles. The summed E-state index contributed by atoms with van der Waals surface area (Å²) in [7, 11) is 0. The molecule has 3 aromatic carbocycles. The summed E-state index contributed by atoms with van der Waals surface area (Å²) in [6.07, 6.45) is -0.0916. The van der Waals surface area contributed by atoms with Crippen molar-refractivity contribution in [2.75, 3.05) is 11.9 Å². The lowest BCUT2D eigenvalue weighted by Crippen LogP contribution is -2.22. The van der Waals surface area contributed by atoms with E-state index in [4.69, 9.17) is 4.74 Å². The van der Waals surface area contributed by atoms with Crippen molar-refractivity contribution in [1.82, 2.24) is 0 Å². The van der Waals surface area contributed by atoms with Crippen LogP contribution in [0.1, 0.15) is 5.56 Å². The predicted octanol–water partition coefficient (Wildman–Crippen LogP) is 4.22. The number of ether oxygens (including phenoxy) is 1. The number of hydrogen-bond donors (Lipinski definition) is 1. The smallest absolute Gasteiger partial charge is 0.310 e. The summed E-state index contributed by atoms with van der Waals surface area (Å²) < 4.78 is 18.1. The van der Waals surface area contributed by atoms with Gasteiger partial charge in [-0.2, -0.15) is 0 Å². The molecule has 0 unspecified atom stereocenters. The number of nitrogens with one attached hydrogen (secondary N) is 1. The molecular formula is C22H18FNO3. The number of rotatable bonds is 6. The van der Waals surface area contributed by atoms with Gasteiger partial charge >= 0.3 is 5.97 Å². The molecule has 3 aromatic rings. The lowest BCUT2D eigenvalue weighted by molar-refractivity contribution is -0.146. The maximum absolute atomic E-state index is 13.1. The minimum atomic E-state index is -0.591. The standard InChI is InChI=1S/C22H18FNO3/c23-18-10-6-7-16(13-18)14-22(26)27-15-21(25)24-20-12-5-4-11-19(20)17-8-2-1-3-9-17/h1-13H,14-15H2,(H,24,25). The Morgan fingerprint density at radius 1 is 0.889 bits per heavy atom. The van der Waals surface area contributed by atoms with Gasteiger partial charge in [0.15, 0.2) is 6.61 Å². The summed E-state index contributed by atoms with van der Waals surface area (Å²) in [5.74, 6) is -1.45. The topological polar surface area (TPSA) is 55.4 Å². The van der Waals surface area contributed by atoms with Gasteiger partial charge < -0.3 is 10.1 Å². The van der Waals surface area contributed by atoms with E-state index in [0.29, 0.717) is 11.3 Å². The van der Waals surface area contributed by atoms with Crippen molar-refractivity contribution >= 4 is 17.6 Å². The molecule has 0 saturated carbocycles. The molecule has 0 aliphatic rings. The summed E-state index contributed by atoms with van der Waals surface area (Å²) in [6, 6.07) is 22.8. The van der Waals surface area contributed by atoms with Crippen LogP contribution in [-0.4, -0.2) is 18.5 Å². The molecule has 3 rings (SSSR count). The van der Waals surface area contributed by atoms with Gasteiger partial charge in [0, 0.05) is 11.3 Å². The van der Waals surface area contributed by atoms with Crippen LogP contribution in [0.3, 0.4) is 0 Å². The number of hydrogen-bond acceptors (Lipinski definition) is 3. The predicted molar refractivity (Wildman–Crippen MR) is 102 cm³/mol. The Morgan fingerprint density at radius 2 is 1.63 bits per heavy atom. The quantitative estimate of drug-likeness (QED) is 0.667. The van der Waals surface area contributed by atoms with Gasteiger partial charge in [-0.1, -0.05) is 60.7 Å². The summed E-state index contributed by atoms with van der Waals surface area (Å²) in [5.41, 5.74) is 2.97. The minimum absolute atomic E-state index is 0.0916. The Labute approximate surface area is 156 Å². The molecule has 0 spiro atoms. The molecule has 5 heteroatoms. The number of halogens is 1. The lowest BCUT2D eigenvalue weighted by Gasteiger charge is -2.11. The van der Waals surface area contributed by atoms with Crippen molar-refractivity contribution in [3.63, 3.8) is 0 Å². The van der Waals surface area contributed by atoms with Crippen molar-refractivity contribution in [3.8, 4) is 11.1 Å². The Morgan fingerprint density at radius 3 is 2.41 bits per heavy atom. The van der Waals surface area contributed by atoms with Crippen LogP contribution >= 0.6 is 0 Å². The van der Waals surface area contributed by atoms with Crippen molar-refractivity contribution in [2.24, 2.45) is 0 Å². The molecule has 27 heavy (non-hydrogen) atoms. The minimum Gasteiger partial charge on any atom is -0.455 e. The summed E-state index contributed by atoms with van der Waals surface area (Å²) in [6.45, 7) is -0.405. The monoisotopic (exact) mass is 363 g/mol. The van der Waals surface area contributed by atoms with Gasteiger partial charge in [-0.05, 0) is 29.3 Å². The number of esters is 1. The molecule has 0 heterocycles. The normalized spacial score (nSPS) is 10.3. The fourth-order valence-electron chi connectivity index (χ4n) is 2.66. The first-order valence-electron chi connectivity index (χ1n) is 8.46. The van der Waals surface area contributed by atoms with Gasteiger partial charge in [0.1, 0.15) is 5.82 Å². The molecule has 0 aromatic heterocycles. The molecule has 0 aliphatic carbocycles. The third-order valence-electron chi connectivity index (χ3n) is 3.89. The van der Waals surface area contributed by atoms with Gasteiger partial charge in [-0.3, -0.25) is 9.59 Å². The highest BCUT2D eigenvalue weighted by molar-refractivity contribution is 5.96. The average molecular weight is 363 g/mol. The molecule has 1 N–H and O–H groups in total. The second-order valence-electron chi connectivity index (χ2n) is 5.93. The average Bonchev–Trinajstić information content (AvgIpc) is 2.67. The fourth-order valence-corrected chi connectivity index (χ4v) is 2.66. The van der Waals surface area contributed by atoms with Gasteiger partial charge in [0.2, 0.25) is 0 Å². The maximum Gasteiger partial charge on any atom is 0.310 e. The number of para-hydroxylation sites is 1. The van der Waals surface area contributed by atoms with Gasteiger partial charge in [-0.15, -0.1) is 0 Å². The number of carbonyl (C=O) groups excluding carboxylic acids is 2. The summed E-state index contributed by atoms with van der Waals surface area (Å²) in [4.78, 5) is 24.0. The van der Waals surface area contributed by atoms with Crippen molar-refractivity contribution in [3.05, 3.63) is 90.2 Å². The van der Waals surface area contributed by atoms with Crippen LogP contribution in [0.4, 0.5) is 10.1 Å². The Balaban J connectivity index is 1.58. The van der Waals surface area contributed by atoms with Crippen molar-refractivity contribution in [2.45, 2.75) is 6.42 Å². The van der Waals surface area contributed by atoms with E-state index in [-0.39, 0.29) is 6.42 Å². The van der Waals surface area contributed by atoms with Crippen LogP contribution in [0, 0.1) is 5.82 Å². The van der Waals surface area contributed by atoms with Crippen LogP contribution < -0.4 is 5.32 Å². The van der Waals surface area contributed by atoms with Crippen LogP contribution in [-0.2, 0) is 20.7 Å². The summed E-state index contributed by atoms with van der Waals surface area (Å²) >= 11 is 0. The number of anilines is 1. The van der Waals surface area contributed by atoms with E-state index in [2.05, 4.69) is 5.32 Å². The first-order chi connectivity index (χ1) is 13.1. The number of amides is 1. The van der Waals surface area contributed by atoms with Gasteiger partial charge in [0.05, 0.1) is 6.42 Å². The number of benzene rings is 3.